The maximum atomic E-state index is 13.3. The lowest BCUT2D eigenvalue weighted by Gasteiger charge is -2.05. The summed E-state index contributed by atoms with van der Waals surface area (Å²) in [5.74, 6) is -0.488. The molecule has 2 rings (SSSR count). The van der Waals surface area contributed by atoms with E-state index < -0.39 is 5.82 Å². The summed E-state index contributed by atoms with van der Waals surface area (Å²) >= 11 is 2.06. The van der Waals surface area contributed by atoms with E-state index in [1.807, 2.05) is 0 Å². The van der Waals surface area contributed by atoms with Crippen molar-refractivity contribution in [2.24, 2.45) is 0 Å². The van der Waals surface area contributed by atoms with Crippen molar-refractivity contribution in [3.63, 3.8) is 0 Å². The second kappa shape index (κ2) is 4.60. The molecule has 4 nitrogen and oxygen atoms in total. The predicted octanol–water partition coefficient (Wildman–Crippen LogP) is 2.59. The lowest BCUT2D eigenvalue weighted by atomic mass is 10.3. The Kier molecular flexibility index (Phi) is 3.18. The standard InChI is InChI=1S/C10H7FIN3O/c11-8-2-1-7(13)3-9(8)16-10-14-4-6(12)5-15-10/h1-5H,13H2. The van der Waals surface area contributed by atoms with E-state index in [-0.39, 0.29) is 11.8 Å². The van der Waals surface area contributed by atoms with Gasteiger partial charge in [-0.25, -0.2) is 14.4 Å². The number of rotatable bonds is 2. The fourth-order valence-corrected chi connectivity index (χ4v) is 1.33. The Morgan fingerprint density at radius 2 is 1.94 bits per heavy atom. The number of nitrogens with zero attached hydrogens (tertiary/aromatic N) is 2. The van der Waals surface area contributed by atoms with Gasteiger partial charge in [-0.15, -0.1) is 0 Å². The maximum absolute atomic E-state index is 13.3. The highest BCUT2D eigenvalue weighted by Gasteiger charge is 2.06. The van der Waals surface area contributed by atoms with Crippen molar-refractivity contribution in [1.29, 1.82) is 0 Å². The van der Waals surface area contributed by atoms with Crippen molar-refractivity contribution in [2.75, 3.05) is 5.73 Å². The van der Waals surface area contributed by atoms with Crippen LogP contribution in [0.2, 0.25) is 0 Å². The Morgan fingerprint density at radius 1 is 1.25 bits per heavy atom. The van der Waals surface area contributed by atoms with Crippen molar-refractivity contribution in [2.45, 2.75) is 0 Å². The van der Waals surface area contributed by atoms with Gasteiger partial charge in [0.2, 0.25) is 0 Å². The maximum Gasteiger partial charge on any atom is 0.322 e. The highest BCUT2D eigenvalue weighted by molar-refractivity contribution is 14.1. The molecule has 0 radical (unpaired) electrons. The summed E-state index contributed by atoms with van der Waals surface area (Å²) in [7, 11) is 0. The van der Waals surface area contributed by atoms with Crippen LogP contribution in [-0.4, -0.2) is 9.97 Å². The van der Waals surface area contributed by atoms with Gasteiger partial charge in [0.15, 0.2) is 11.6 Å². The van der Waals surface area contributed by atoms with Gasteiger partial charge in [0, 0.05) is 27.7 Å². The van der Waals surface area contributed by atoms with Crippen LogP contribution >= 0.6 is 22.6 Å². The van der Waals surface area contributed by atoms with Gasteiger partial charge >= 0.3 is 6.01 Å². The number of hydrogen-bond acceptors (Lipinski definition) is 4. The smallest absolute Gasteiger partial charge is 0.322 e. The van der Waals surface area contributed by atoms with E-state index in [1.54, 1.807) is 12.4 Å². The Bertz CT molecular complexity index is 504. The molecule has 0 aliphatic heterocycles. The molecule has 2 aromatic rings. The summed E-state index contributed by atoms with van der Waals surface area (Å²) in [4.78, 5) is 7.79. The third-order valence-electron chi connectivity index (χ3n) is 1.75. The van der Waals surface area contributed by atoms with Crippen LogP contribution in [0, 0.1) is 9.39 Å². The molecule has 16 heavy (non-hydrogen) atoms. The largest absolute Gasteiger partial charge is 0.421 e. The van der Waals surface area contributed by atoms with Crippen molar-refractivity contribution in [3.05, 3.63) is 40.0 Å². The van der Waals surface area contributed by atoms with Crippen LogP contribution in [0.4, 0.5) is 10.1 Å². The third-order valence-corrected chi connectivity index (χ3v) is 2.31. The van der Waals surface area contributed by atoms with Crippen LogP contribution in [0.15, 0.2) is 30.6 Å². The summed E-state index contributed by atoms with van der Waals surface area (Å²) < 4.78 is 19.3. The van der Waals surface area contributed by atoms with Crippen molar-refractivity contribution >= 4 is 28.3 Å². The number of ether oxygens (including phenoxy) is 1. The van der Waals surface area contributed by atoms with E-state index in [0.29, 0.717) is 5.69 Å². The average molecular weight is 331 g/mol. The van der Waals surface area contributed by atoms with Gasteiger partial charge in [0.05, 0.1) is 0 Å². The zero-order valence-corrected chi connectivity index (χ0v) is 10.2. The summed E-state index contributed by atoms with van der Waals surface area (Å²) in [6, 6.07) is 4.16. The minimum absolute atomic E-state index is 0.0150. The van der Waals surface area contributed by atoms with Crippen LogP contribution in [0.1, 0.15) is 0 Å². The molecular weight excluding hydrogens is 324 g/mol. The molecule has 0 aliphatic carbocycles. The molecule has 2 N–H and O–H groups in total. The van der Waals surface area contributed by atoms with Crippen LogP contribution in [0.5, 0.6) is 11.8 Å². The van der Waals surface area contributed by atoms with E-state index in [1.165, 1.54) is 18.2 Å². The minimum Gasteiger partial charge on any atom is -0.421 e. The Labute approximate surface area is 105 Å². The molecule has 0 unspecified atom stereocenters. The first-order chi connectivity index (χ1) is 7.65. The molecular formula is C10H7FIN3O. The van der Waals surface area contributed by atoms with Crippen LogP contribution in [0.3, 0.4) is 0 Å². The van der Waals surface area contributed by atoms with E-state index in [4.69, 9.17) is 10.5 Å². The van der Waals surface area contributed by atoms with Gasteiger partial charge in [-0.2, -0.15) is 0 Å². The quantitative estimate of drug-likeness (QED) is 0.679. The molecule has 6 heteroatoms. The molecule has 0 saturated heterocycles. The highest BCUT2D eigenvalue weighted by atomic mass is 127. The van der Waals surface area contributed by atoms with Crippen molar-refractivity contribution in [3.8, 4) is 11.8 Å². The number of benzene rings is 1. The number of nitrogen functional groups attached to an aromatic ring is 1. The second-order valence-electron chi connectivity index (χ2n) is 2.98. The van der Waals surface area contributed by atoms with E-state index in [9.17, 15) is 4.39 Å². The minimum atomic E-state index is -0.503. The topological polar surface area (TPSA) is 61.0 Å². The predicted molar refractivity (Wildman–Crippen MR) is 65.6 cm³/mol. The lowest BCUT2D eigenvalue weighted by molar-refractivity contribution is 0.411. The molecule has 1 heterocycles. The summed E-state index contributed by atoms with van der Waals surface area (Å²) in [5, 5.41) is 0. The molecule has 0 fully saturated rings. The zero-order valence-electron chi connectivity index (χ0n) is 8.02. The van der Waals surface area contributed by atoms with Crippen LogP contribution in [0.25, 0.3) is 0 Å². The average Bonchev–Trinajstić information content (AvgIpc) is 2.27. The van der Waals surface area contributed by atoms with Crippen LogP contribution < -0.4 is 10.5 Å². The number of hydrogen-bond donors (Lipinski definition) is 1. The normalized spacial score (nSPS) is 10.1. The molecule has 0 bridgehead atoms. The van der Waals surface area contributed by atoms with Gasteiger partial charge < -0.3 is 10.5 Å². The Balaban J connectivity index is 2.26. The lowest BCUT2D eigenvalue weighted by Crippen LogP contribution is -1.95. The van der Waals surface area contributed by atoms with Gasteiger partial charge in [0.1, 0.15) is 0 Å². The molecule has 0 saturated carbocycles. The van der Waals surface area contributed by atoms with E-state index >= 15 is 0 Å². The Hall–Kier alpha value is -1.44. The van der Waals surface area contributed by atoms with E-state index in [0.717, 1.165) is 3.57 Å². The second-order valence-corrected chi connectivity index (χ2v) is 4.22. The molecule has 1 aromatic heterocycles. The number of halogens is 2. The monoisotopic (exact) mass is 331 g/mol. The fraction of sp³-hybridized carbons (Fsp3) is 0. The number of anilines is 1. The van der Waals surface area contributed by atoms with Crippen LogP contribution in [-0.2, 0) is 0 Å². The molecule has 82 valence electrons. The first kappa shape index (κ1) is 11.1. The number of aromatic nitrogens is 2. The van der Waals surface area contributed by atoms with Gasteiger partial charge in [-0.3, -0.25) is 0 Å². The third kappa shape index (κ3) is 2.57. The summed E-state index contributed by atoms with van der Waals surface area (Å²) in [6.45, 7) is 0. The Morgan fingerprint density at radius 3 is 2.62 bits per heavy atom. The zero-order chi connectivity index (χ0) is 11.5. The van der Waals surface area contributed by atoms with Crippen molar-refractivity contribution in [1.82, 2.24) is 9.97 Å². The molecule has 1 aromatic carbocycles. The van der Waals surface area contributed by atoms with E-state index in [2.05, 4.69) is 32.6 Å². The molecule has 0 aliphatic rings. The van der Waals surface area contributed by atoms with Gasteiger partial charge in [0.25, 0.3) is 0 Å². The SMILES string of the molecule is Nc1ccc(F)c(Oc2ncc(I)cn2)c1. The first-order valence-electron chi connectivity index (χ1n) is 4.35. The highest BCUT2D eigenvalue weighted by Crippen LogP contribution is 2.23. The molecule has 0 amide bonds. The van der Waals surface area contributed by atoms with Crippen molar-refractivity contribution < 1.29 is 9.13 Å². The van der Waals surface area contributed by atoms with Gasteiger partial charge in [-0.05, 0) is 34.7 Å². The summed E-state index contributed by atoms with van der Waals surface area (Å²) in [6.07, 6.45) is 3.15. The number of nitrogens with two attached hydrogens (primary N) is 1. The fourth-order valence-electron chi connectivity index (χ4n) is 1.05. The molecule has 0 spiro atoms. The summed E-state index contributed by atoms with van der Waals surface area (Å²) in [5.41, 5.74) is 5.94. The first-order valence-corrected chi connectivity index (χ1v) is 5.43. The van der Waals surface area contributed by atoms with Gasteiger partial charge in [-0.1, -0.05) is 0 Å². The molecule has 0 atom stereocenters.